The summed E-state index contributed by atoms with van der Waals surface area (Å²) in [5.41, 5.74) is 4.26. The van der Waals surface area contributed by atoms with Gasteiger partial charge in [0.1, 0.15) is 11.5 Å². The van der Waals surface area contributed by atoms with Crippen molar-refractivity contribution in [3.63, 3.8) is 0 Å². The average molecular weight is 310 g/mol. The van der Waals surface area contributed by atoms with E-state index in [9.17, 15) is 13.2 Å². The van der Waals surface area contributed by atoms with Crippen molar-refractivity contribution in [3.05, 3.63) is 30.4 Å². The third-order valence-electron chi connectivity index (χ3n) is 2.79. The summed E-state index contributed by atoms with van der Waals surface area (Å²) >= 11 is 0. The Morgan fingerprint density at radius 1 is 1.14 bits per heavy atom. The van der Waals surface area contributed by atoms with Gasteiger partial charge >= 0.3 is 6.18 Å². The standard InChI is InChI=1S/C11H9F3N8/c1-21-18-5-6(19-21)7-8(11(12,13)14)20-22(9(7)15)10-16-3-2-4-17-10/h2-5H,15H2,1H3. The molecule has 0 amide bonds. The van der Waals surface area contributed by atoms with Crippen LogP contribution in [0.2, 0.25) is 0 Å². The molecule has 3 heterocycles. The first-order valence-corrected chi connectivity index (χ1v) is 5.97. The summed E-state index contributed by atoms with van der Waals surface area (Å²) in [6.45, 7) is 0. The number of rotatable bonds is 2. The Balaban J connectivity index is 2.26. The lowest BCUT2D eigenvalue weighted by Crippen LogP contribution is -2.09. The SMILES string of the molecule is Cn1ncc(-c2c(C(F)(F)F)nn(-c3ncccn3)c2N)n1. The van der Waals surface area contributed by atoms with Gasteiger partial charge in [-0.1, -0.05) is 0 Å². The molecule has 0 aliphatic carbocycles. The van der Waals surface area contributed by atoms with E-state index in [1.54, 1.807) is 0 Å². The third-order valence-corrected chi connectivity index (χ3v) is 2.79. The Bertz CT molecular complexity index is 805. The fourth-order valence-electron chi connectivity index (χ4n) is 1.90. The highest BCUT2D eigenvalue weighted by Crippen LogP contribution is 2.39. The summed E-state index contributed by atoms with van der Waals surface area (Å²) < 4.78 is 40.5. The van der Waals surface area contributed by atoms with Crippen molar-refractivity contribution < 1.29 is 13.2 Å². The van der Waals surface area contributed by atoms with Crippen LogP contribution in [0.25, 0.3) is 17.2 Å². The maximum absolute atomic E-state index is 13.2. The van der Waals surface area contributed by atoms with Crippen molar-refractivity contribution in [2.24, 2.45) is 7.05 Å². The number of hydrogen-bond donors (Lipinski definition) is 1. The van der Waals surface area contributed by atoms with Gasteiger partial charge in [-0.25, -0.2) is 9.97 Å². The molecule has 0 unspecified atom stereocenters. The maximum atomic E-state index is 13.2. The zero-order valence-corrected chi connectivity index (χ0v) is 11.2. The zero-order chi connectivity index (χ0) is 15.9. The van der Waals surface area contributed by atoms with Crippen molar-refractivity contribution >= 4 is 5.82 Å². The number of alkyl halides is 3. The summed E-state index contributed by atoms with van der Waals surface area (Å²) in [4.78, 5) is 8.82. The molecule has 0 saturated heterocycles. The van der Waals surface area contributed by atoms with Gasteiger partial charge in [-0.2, -0.15) is 37.9 Å². The van der Waals surface area contributed by atoms with Gasteiger partial charge in [-0.3, -0.25) is 0 Å². The first-order chi connectivity index (χ1) is 10.4. The van der Waals surface area contributed by atoms with E-state index in [2.05, 4.69) is 25.3 Å². The van der Waals surface area contributed by atoms with Gasteiger partial charge in [-0.05, 0) is 6.07 Å². The lowest BCUT2D eigenvalue weighted by atomic mass is 10.1. The topological polar surface area (TPSA) is 100 Å². The molecule has 0 bridgehead atoms. The van der Waals surface area contributed by atoms with Crippen LogP contribution in [0.3, 0.4) is 0 Å². The maximum Gasteiger partial charge on any atom is 0.435 e. The molecule has 3 aromatic rings. The predicted molar refractivity (Wildman–Crippen MR) is 68.6 cm³/mol. The molecule has 114 valence electrons. The smallest absolute Gasteiger partial charge is 0.383 e. The van der Waals surface area contributed by atoms with Crippen LogP contribution in [-0.2, 0) is 13.2 Å². The minimum atomic E-state index is -4.71. The second-order valence-corrected chi connectivity index (χ2v) is 4.29. The van der Waals surface area contributed by atoms with Crippen molar-refractivity contribution in [2.45, 2.75) is 6.18 Å². The minimum Gasteiger partial charge on any atom is -0.383 e. The summed E-state index contributed by atoms with van der Waals surface area (Å²) in [5, 5.41) is 11.1. The van der Waals surface area contributed by atoms with Crippen LogP contribution < -0.4 is 5.73 Å². The molecule has 0 atom stereocenters. The van der Waals surface area contributed by atoms with E-state index in [4.69, 9.17) is 5.73 Å². The quantitative estimate of drug-likeness (QED) is 0.759. The monoisotopic (exact) mass is 310 g/mol. The Morgan fingerprint density at radius 3 is 2.36 bits per heavy atom. The number of aromatic nitrogens is 7. The second kappa shape index (κ2) is 4.79. The Labute approximate surface area is 121 Å². The van der Waals surface area contributed by atoms with E-state index in [1.165, 1.54) is 31.7 Å². The molecule has 11 heteroatoms. The van der Waals surface area contributed by atoms with Crippen molar-refractivity contribution in [2.75, 3.05) is 5.73 Å². The summed E-state index contributed by atoms with van der Waals surface area (Å²) in [6.07, 6.45) is -0.781. The van der Waals surface area contributed by atoms with Crippen LogP contribution in [0, 0.1) is 0 Å². The molecular weight excluding hydrogens is 301 g/mol. The predicted octanol–water partition coefficient (Wildman–Crippen LogP) is 1.06. The van der Waals surface area contributed by atoms with Crippen molar-refractivity contribution in [3.8, 4) is 17.2 Å². The van der Waals surface area contributed by atoms with E-state index in [0.717, 1.165) is 9.48 Å². The Hall–Kier alpha value is -2.98. The van der Waals surface area contributed by atoms with Crippen molar-refractivity contribution in [1.82, 2.24) is 34.7 Å². The Morgan fingerprint density at radius 2 is 1.82 bits per heavy atom. The highest BCUT2D eigenvalue weighted by atomic mass is 19.4. The molecule has 0 radical (unpaired) electrons. The number of nitrogens with zero attached hydrogens (tertiary/aromatic N) is 7. The van der Waals surface area contributed by atoms with E-state index in [-0.39, 0.29) is 23.0 Å². The number of aryl methyl sites for hydroxylation is 1. The molecule has 8 nitrogen and oxygen atoms in total. The minimum absolute atomic E-state index is 0.0329. The highest BCUT2D eigenvalue weighted by Gasteiger charge is 2.40. The van der Waals surface area contributed by atoms with Crippen LogP contribution in [0.5, 0.6) is 0 Å². The lowest BCUT2D eigenvalue weighted by molar-refractivity contribution is -0.140. The van der Waals surface area contributed by atoms with Gasteiger partial charge in [0.2, 0.25) is 0 Å². The largest absolute Gasteiger partial charge is 0.435 e. The van der Waals surface area contributed by atoms with Gasteiger partial charge in [0.15, 0.2) is 5.69 Å². The van der Waals surface area contributed by atoms with Gasteiger partial charge in [-0.15, -0.1) is 0 Å². The summed E-state index contributed by atoms with van der Waals surface area (Å²) in [7, 11) is 1.48. The molecule has 22 heavy (non-hydrogen) atoms. The van der Waals surface area contributed by atoms with Gasteiger partial charge in [0, 0.05) is 19.4 Å². The highest BCUT2D eigenvalue weighted by molar-refractivity contribution is 5.74. The first-order valence-electron chi connectivity index (χ1n) is 5.97. The lowest BCUT2D eigenvalue weighted by Gasteiger charge is -2.03. The van der Waals surface area contributed by atoms with Gasteiger partial charge in [0.05, 0.1) is 11.8 Å². The molecule has 0 aliphatic rings. The summed E-state index contributed by atoms with van der Waals surface area (Å²) in [5.74, 6) is -0.334. The fraction of sp³-hybridized carbons (Fsp3) is 0.182. The van der Waals surface area contributed by atoms with E-state index < -0.39 is 11.9 Å². The van der Waals surface area contributed by atoms with E-state index in [0.29, 0.717) is 0 Å². The zero-order valence-electron chi connectivity index (χ0n) is 11.2. The summed E-state index contributed by atoms with van der Waals surface area (Å²) in [6, 6.07) is 1.53. The first kappa shape index (κ1) is 14.0. The molecule has 0 aromatic carbocycles. The average Bonchev–Trinajstić information content (AvgIpc) is 3.03. The number of hydrogen-bond acceptors (Lipinski definition) is 6. The van der Waals surface area contributed by atoms with Crippen LogP contribution >= 0.6 is 0 Å². The number of anilines is 1. The number of nitrogens with two attached hydrogens (primary N) is 1. The van der Waals surface area contributed by atoms with E-state index in [1.807, 2.05) is 0 Å². The van der Waals surface area contributed by atoms with E-state index >= 15 is 0 Å². The third kappa shape index (κ3) is 2.25. The van der Waals surface area contributed by atoms with Gasteiger partial charge < -0.3 is 5.73 Å². The number of nitrogen functional groups attached to an aromatic ring is 1. The Kier molecular flexibility index (Phi) is 3.04. The van der Waals surface area contributed by atoms with Crippen LogP contribution in [-0.4, -0.2) is 34.7 Å². The fourth-order valence-corrected chi connectivity index (χ4v) is 1.90. The molecule has 3 rings (SSSR count). The second-order valence-electron chi connectivity index (χ2n) is 4.29. The molecule has 0 aliphatic heterocycles. The molecule has 0 saturated carbocycles. The molecule has 0 fully saturated rings. The normalized spacial score (nSPS) is 11.8. The van der Waals surface area contributed by atoms with Gasteiger partial charge in [0.25, 0.3) is 5.95 Å². The van der Waals surface area contributed by atoms with Crippen LogP contribution in [0.1, 0.15) is 5.69 Å². The molecule has 2 N–H and O–H groups in total. The van der Waals surface area contributed by atoms with Crippen LogP contribution in [0.4, 0.5) is 19.0 Å². The number of halogens is 3. The molecule has 3 aromatic heterocycles. The van der Waals surface area contributed by atoms with Crippen molar-refractivity contribution in [1.29, 1.82) is 0 Å². The van der Waals surface area contributed by atoms with Crippen LogP contribution in [0.15, 0.2) is 24.7 Å². The molecular formula is C11H9F3N8. The molecule has 0 spiro atoms.